The third-order valence-corrected chi connectivity index (χ3v) is 8.02. The Labute approximate surface area is 224 Å². The normalized spacial score (nSPS) is 14.6. The summed E-state index contributed by atoms with van der Waals surface area (Å²) < 4.78 is 47.9. The van der Waals surface area contributed by atoms with Gasteiger partial charge in [0.15, 0.2) is 0 Å². The van der Waals surface area contributed by atoms with Crippen LogP contribution in [-0.2, 0) is 33.4 Å². The van der Waals surface area contributed by atoms with E-state index in [1.54, 1.807) is 46.0 Å². The highest BCUT2D eigenvalue weighted by molar-refractivity contribution is 7.90. The van der Waals surface area contributed by atoms with Gasteiger partial charge < -0.3 is 14.2 Å². The van der Waals surface area contributed by atoms with Gasteiger partial charge in [0, 0.05) is 38.3 Å². The molecule has 1 amide bonds. The Kier molecular flexibility index (Phi) is 9.30. The van der Waals surface area contributed by atoms with Crippen LogP contribution in [0.2, 0.25) is 0 Å². The van der Waals surface area contributed by atoms with Gasteiger partial charge in [0.05, 0.1) is 37.4 Å². The molecule has 204 valence electrons. The van der Waals surface area contributed by atoms with Gasteiger partial charge in [0.2, 0.25) is 15.0 Å². The van der Waals surface area contributed by atoms with Crippen LogP contribution in [0.15, 0.2) is 66.0 Å². The number of carbonyl (C=O) groups excluding carboxylic acids is 1. The Morgan fingerprint density at radius 2 is 1.84 bits per heavy atom. The molecular weight excluding hydrogens is 507 g/mol. The van der Waals surface area contributed by atoms with E-state index >= 15 is 0 Å². The van der Waals surface area contributed by atoms with Gasteiger partial charge in [-0.1, -0.05) is 50.2 Å². The number of amides is 1. The first-order valence-corrected chi connectivity index (χ1v) is 14.5. The third-order valence-electron chi connectivity index (χ3n) is 6.43. The molecule has 0 N–H and O–H groups in total. The van der Waals surface area contributed by atoms with E-state index < -0.39 is 15.7 Å². The molecule has 0 aliphatic carbocycles. The number of imidazole rings is 1. The molecule has 4 rings (SSSR count). The number of nitrogens with zero attached hydrogens (tertiary/aromatic N) is 4. The predicted molar refractivity (Wildman–Crippen MR) is 143 cm³/mol. The second-order valence-electron chi connectivity index (χ2n) is 9.97. The fourth-order valence-corrected chi connectivity index (χ4v) is 6.03. The Bertz CT molecular complexity index is 1320. The van der Waals surface area contributed by atoms with Crippen molar-refractivity contribution in [1.82, 2.24) is 19.4 Å². The molecule has 38 heavy (non-hydrogen) atoms. The highest BCUT2D eigenvalue weighted by atomic mass is 32.2. The second kappa shape index (κ2) is 12.6. The number of halogens is 1. The highest BCUT2D eigenvalue weighted by Crippen LogP contribution is 2.21. The number of hydrogen-bond donors (Lipinski definition) is 0. The zero-order valence-electron chi connectivity index (χ0n) is 21.9. The van der Waals surface area contributed by atoms with Crippen molar-refractivity contribution >= 4 is 15.7 Å². The Morgan fingerprint density at radius 1 is 1.11 bits per heavy atom. The fraction of sp³-hybridized carbons (Fsp3) is 0.429. The van der Waals surface area contributed by atoms with E-state index in [2.05, 4.69) is 9.88 Å². The van der Waals surface area contributed by atoms with Crippen molar-refractivity contribution in [3.63, 3.8) is 0 Å². The first-order chi connectivity index (χ1) is 18.2. The smallest absolute Gasteiger partial charge is 0.254 e. The van der Waals surface area contributed by atoms with E-state index in [-0.39, 0.29) is 34.8 Å². The summed E-state index contributed by atoms with van der Waals surface area (Å²) in [5.41, 5.74) is 1.55. The van der Waals surface area contributed by atoms with Gasteiger partial charge in [-0.15, -0.1) is 0 Å². The molecule has 1 fully saturated rings. The van der Waals surface area contributed by atoms with Gasteiger partial charge >= 0.3 is 0 Å². The van der Waals surface area contributed by atoms with Gasteiger partial charge in [-0.2, -0.15) is 0 Å². The molecule has 8 nitrogen and oxygen atoms in total. The molecular formula is C28H35FN4O4S. The van der Waals surface area contributed by atoms with Crippen LogP contribution in [-0.4, -0.2) is 73.1 Å². The predicted octanol–water partition coefficient (Wildman–Crippen LogP) is 3.63. The number of ether oxygens (including phenoxy) is 1. The molecule has 2 aromatic carbocycles. The topological polar surface area (TPSA) is 84.7 Å². The quantitative estimate of drug-likeness (QED) is 0.368. The Morgan fingerprint density at radius 3 is 2.53 bits per heavy atom. The molecule has 1 aliphatic rings. The van der Waals surface area contributed by atoms with Gasteiger partial charge in [-0.05, 0) is 29.7 Å². The summed E-state index contributed by atoms with van der Waals surface area (Å²) >= 11 is 0. The molecule has 3 aromatic rings. The monoisotopic (exact) mass is 542 g/mol. The number of aromatic nitrogens is 2. The van der Waals surface area contributed by atoms with Crippen LogP contribution in [0.3, 0.4) is 0 Å². The van der Waals surface area contributed by atoms with E-state index in [4.69, 9.17) is 4.74 Å². The SMILES string of the molecule is CC(C)Cn1c(CN(CCN2CCOCC2)C(=O)c2cccc(F)c2)cnc1S(=O)(=O)Cc1ccccc1. The minimum atomic E-state index is -3.74. The second-order valence-corrected chi connectivity index (χ2v) is 11.9. The number of sulfone groups is 1. The summed E-state index contributed by atoms with van der Waals surface area (Å²) in [5, 5.41) is -0.00335. The molecule has 0 saturated carbocycles. The van der Waals surface area contributed by atoms with Gasteiger partial charge in [-0.25, -0.2) is 17.8 Å². The van der Waals surface area contributed by atoms with Crippen molar-refractivity contribution < 1.29 is 22.3 Å². The number of rotatable bonds is 11. The lowest BCUT2D eigenvalue weighted by molar-refractivity contribution is 0.0319. The molecule has 1 aliphatic heterocycles. The first kappa shape index (κ1) is 27.9. The molecule has 0 radical (unpaired) electrons. The van der Waals surface area contributed by atoms with Crippen molar-refractivity contribution in [1.29, 1.82) is 0 Å². The van der Waals surface area contributed by atoms with E-state index in [0.29, 0.717) is 44.1 Å². The molecule has 1 aromatic heterocycles. The van der Waals surface area contributed by atoms with Crippen LogP contribution in [0.4, 0.5) is 4.39 Å². The summed E-state index contributed by atoms with van der Waals surface area (Å²) in [6.45, 7) is 8.45. The van der Waals surface area contributed by atoms with Gasteiger partial charge in [0.1, 0.15) is 5.82 Å². The van der Waals surface area contributed by atoms with E-state index in [9.17, 15) is 17.6 Å². The van der Waals surface area contributed by atoms with Crippen LogP contribution in [0, 0.1) is 11.7 Å². The van der Waals surface area contributed by atoms with Crippen LogP contribution in [0.5, 0.6) is 0 Å². The maximum Gasteiger partial charge on any atom is 0.254 e. The zero-order valence-corrected chi connectivity index (χ0v) is 22.7. The van der Waals surface area contributed by atoms with Gasteiger partial charge in [-0.3, -0.25) is 9.69 Å². The van der Waals surface area contributed by atoms with Crippen molar-refractivity contribution in [2.75, 3.05) is 39.4 Å². The molecule has 2 heterocycles. The summed E-state index contributed by atoms with van der Waals surface area (Å²) in [6, 6.07) is 14.6. The third kappa shape index (κ3) is 7.27. The molecule has 10 heteroatoms. The molecule has 0 bridgehead atoms. The number of morpholine rings is 1. The summed E-state index contributed by atoms with van der Waals surface area (Å²) in [4.78, 5) is 21.7. The number of hydrogen-bond acceptors (Lipinski definition) is 6. The average Bonchev–Trinajstić information content (AvgIpc) is 3.29. The Hall–Kier alpha value is -3.08. The minimum Gasteiger partial charge on any atom is -0.379 e. The minimum absolute atomic E-state index is 0.00335. The van der Waals surface area contributed by atoms with Crippen molar-refractivity contribution in [2.24, 2.45) is 5.92 Å². The Balaban J connectivity index is 1.63. The van der Waals surface area contributed by atoms with E-state index in [1.165, 1.54) is 18.2 Å². The molecule has 1 saturated heterocycles. The van der Waals surface area contributed by atoms with E-state index in [1.807, 2.05) is 19.9 Å². The van der Waals surface area contributed by atoms with Crippen LogP contribution in [0.1, 0.15) is 35.5 Å². The highest BCUT2D eigenvalue weighted by Gasteiger charge is 2.27. The fourth-order valence-electron chi connectivity index (χ4n) is 4.52. The van der Waals surface area contributed by atoms with Crippen molar-refractivity contribution in [2.45, 2.75) is 37.8 Å². The number of carbonyl (C=O) groups is 1. The standard InChI is InChI=1S/C28H35FN4O4S/c1-22(2)19-33-26(18-30-28(33)38(35,36)21-23-7-4-3-5-8-23)20-32(12-11-31-13-15-37-16-14-31)27(34)24-9-6-10-25(29)17-24/h3-10,17-18,22H,11-16,19-21H2,1-2H3. The van der Waals surface area contributed by atoms with Crippen molar-refractivity contribution in [3.8, 4) is 0 Å². The lowest BCUT2D eigenvalue weighted by atomic mass is 10.2. The molecule has 0 spiro atoms. The average molecular weight is 543 g/mol. The first-order valence-electron chi connectivity index (χ1n) is 12.9. The summed E-state index contributed by atoms with van der Waals surface area (Å²) in [6.07, 6.45) is 1.54. The summed E-state index contributed by atoms with van der Waals surface area (Å²) in [7, 11) is -3.74. The maximum absolute atomic E-state index is 13.9. The van der Waals surface area contributed by atoms with Crippen LogP contribution < -0.4 is 0 Å². The van der Waals surface area contributed by atoms with E-state index in [0.717, 1.165) is 13.1 Å². The number of benzene rings is 2. The largest absolute Gasteiger partial charge is 0.379 e. The molecule has 0 atom stereocenters. The lowest BCUT2D eigenvalue weighted by Crippen LogP contribution is -2.43. The van der Waals surface area contributed by atoms with Gasteiger partial charge in [0.25, 0.3) is 5.91 Å². The van der Waals surface area contributed by atoms with Crippen LogP contribution in [0.25, 0.3) is 0 Å². The lowest BCUT2D eigenvalue weighted by Gasteiger charge is -2.30. The van der Waals surface area contributed by atoms with Crippen molar-refractivity contribution in [3.05, 3.63) is 83.4 Å². The molecule has 0 unspecified atom stereocenters. The zero-order chi connectivity index (χ0) is 27.1. The maximum atomic E-state index is 13.9. The van der Waals surface area contributed by atoms with Crippen LogP contribution >= 0.6 is 0 Å². The summed E-state index contributed by atoms with van der Waals surface area (Å²) in [5.74, 6) is -0.813.